The molecule has 6 aromatic heterocycles. The van der Waals surface area contributed by atoms with E-state index in [0.717, 1.165) is 53.9 Å². The predicted octanol–water partition coefficient (Wildman–Crippen LogP) is 15.1. The minimum absolute atomic E-state index is 0.0113. The van der Waals surface area contributed by atoms with Crippen molar-refractivity contribution in [2.45, 2.75) is 26.7 Å². The number of thiophene rings is 2. The fourth-order valence-electron chi connectivity index (χ4n) is 11.6. The number of carbonyl (C=O) groups is 4. The highest BCUT2D eigenvalue weighted by atomic mass is 32.1. The fourth-order valence-corrected chi connectivity index (χ4v) is 13.9. The highest BCUT2D eigenvalue weighted by Crippen LogP contribution is 2.45. The third-order valence-electron chi connectivity index (χ3n) is 15.9. The number of anilines is 4. The second-order valence-electron chi connectivity index (χ2n) is 21.4. The number of aryl methyl sites for hydroxylation is 2. The molecule has 0 atom stereocenters. The maximum Gasteiger partial charge on any atom is 0.276 e. The molecule has 0 aliphatic carbocycles. The lowest BCUT2D eigenvalue weighted by Gasteiger charge is -2.23. The zero-order valence-electron chi connectivity index (χ0n) is 46.6. The van der Waals surface area contributed by atoms with E-state index in [1.165, 1.54) is 40.9 Å². The monoisotopic (exact) mass is 1180 g/mol. The number of aromatic nitrogens is 4. The largest absolute Gasteiger partial charge is 0.322 e. The molecular weight excluding hydrogens is 1130 g/mol. The first-order valence-corrected chi connectivity index (χ1v) is 29.7. The van der Waals surface area contributed by atoms with Crippen LogP contribution in [0.2, 0.25) is 0 Å². The van der Waals surface area contributed by atoms with Gasteiger partial charge < -0.3 is 25.4 Å². The molecule has 0 spiro atoms. The van der Waals surface area contributed by atoms with Gasteiger partial charge in [-0.15, -0.1) is 22.7 Å². The third-order valence-corrected chi connectivity index (χ3v) is 18.3. The summed E-state index contributed by atoms with van der Waals surface area (Å²) in [5, 5.41) is 7.30. The Hall–Kier alpha value is -10.6. The SMILES string of the molecule is Cc1cc(-c2ccc(C(=O)N3CCc4cc(C(=O)Nc5c(C)cccc5F)sc4-c4ccccc43)nc2-c2ccc3ncccc3c2)cc(F)c1NC(=O)c1cc2c(s1)-c1ccccc1N(C(=O)c1cccc(-c3ccc4[nH]c(=O)ccc4c3)n1)CC2. The van der Waals surface area contributed by atoms with Gasteiger partial charge in [-0.25, -0.2) is 18.7 Å². The van der Waals surface area contributed by atoms with Crippen LogP contribution < -0.4 is 26.0 Å². The predicted molar refractivity (Wildman–Crippen MR) is 340 cm³/mol. The van der Waals surface area contributed by atoms with Crippen molar-refractivity contribution in [2.75, 3.05) is 33.5 Å². The van der Waals surface area contributed by atoms with Gasteiger partial charge in [0.25, 0.3) is 23.6 Å². The van der Waals surface area contributed by atoms with Crippen LogP contribution in [-0.2, 0) is 12.8 Å². The average Bonchev–Trinajstić information content (AvgIpc) is 2.57. The van der Waals surface area contributed by atoms with Crippen LogP contribution in [0, 0.1) is 25.5 Å². The summed E-state index contributed by atoms with van der Waals surface area (Å²) in [6.07, 6.45) is 2.56. The zero-order chi connectivity index (χ0) is 59.6. The minimum atomic E-state index is -0.670. The Morgan fingerprint density at radius 2 is 1.16 bits per heavy atom. The van der Waals surface area contributed by atoms with Crippen LogP contribution in [0.4, 0.5) is 31.5 Å². The number of pyridine rings is 4. The van der Waals surface area contributed by atoms with Crippen molar-refractivity contribution in [3.8, 4) is 54.5 Å². The summed E-state index contributed by atoms with van der Waals surface area (Å²) in [6, 6.07) is 53.5. The van der Waals surface area contributed by atoms with Crippen LogP contribution in [0.15, 0.2) is 193 Å². The first kappa shape index (κ1) is 54.3. The van der Waals surface area contributed by atoms with E-state index in [9.17, 15) is 23.6 Å². The number of halogens is 2. The Morgan fingerprint density at radius 3 is 1.84 bits per heavy atom. The van der Waals surface area contributed by atoms with Crippen molar-refractivity contribution in [1.82, 2.24) is 19.9 Å². The van der Waals surface area contributed by atoms with Crippen molar-refractivity contribution in [2.24, 2.45) is 0 Å². The van der Waals surface area contributed by atoms with Gasteiger partial charge in [0, 0.05) is 73.8 Å². The molecule has 0 bridgehead atoms. The second-order valence-corrected chi connectivity index (χ2v) is 23.5. The molecule has 0 unspecified atom stereocenters. The molecule has 2 aliphatic rings. The van der Waals surface area contributed by atoms with Crippen molar-refractivity contribution in [3.63, 3.8) is 0 Å². The number of carbonyl (C=O) groups excluding carboxylic acids is 4. The molecule has 17 heteroatoms. The molecule has 0 radical (unpaired) electrons. The molecule has 13 nitrogen and oxygen atoms in total. The van der Waals surface area contributed by atoms with Gasteiger partial charge in [-0.1, -0.05) is 72.8 Å². The molecule has 3 N–H and O–H groups in total. The Morgan fingerprint density at radius 1 is 0.529 bits per heavy atom. The lowest BCUT2D eigenvalue weighted by molar-refractivity contribution is 0.0975. The summed E-state index contributed by atoms with van der Waals surface area (Å²) in [5.74, 6) is -2.75. The number of hydrogen-bond donors (Lipinski definition) is 3. The number of aromatic amines is 1. The molecule has 424 valence electrons. The molecule has 6 aromatic carbocycles. The Labute approximate surface area is 504 Å². The van der Waals surface area contributed by atoms with Gasteiger partial charge >= 0.3 is 0 Å². The number of fused-ring (bicyclic) bond motifs is 8. The van der Waals surface area contributed by atoms with Gasteiger partial charge in [-0.2, -0.15) is 0 Å². The summed E-state index contributed by atoms with van der Waals surface area (Å²) in [5.41, 5.74) is 11.0. The minimum Gasteiger partial charge on any atom is -0.322 e. The van der Waals surface area contributed by atoms with E-state index in [4.69, 9.17) is 9.97 Å². The Balaban J connectivity index is 0.734. The Bertz CT molecular complexity index is 4890. The number of H-pyrrole nitrogens is 1. The molecule has 87 heavy (non-hydrogen) atoms. The van der Waals surface area contributed by atoms with Gasteiger partial charge in [-0.3, -0.25) is 29.0 Å². The van der Waals surface area contributed by atoms with Crippen LogP contribution in [-0.4, -0.2) is 56.7 Å². The second kappa shape index (κ2) is 22.1. The van der Waals surface area contributed by atoms with E-state index in [1.807, 2.05) is 115 Å². The van der Waals surface area contributed by atoms with Crippen LogP contribution in [0.25, 0.3) is 76.3 Å². The van der Waals surface area contributed by atoms with E-state index < -0.39 is 23.4 Å². The van der Waals surface area contributed by atoms with Gasteiger partial charge in [0.05, 0.1) is 49.4 Å². The summed E-state index contributed by atoms with van der Waals surface area (Å²) in [4.78, 5) is 92.3. The summed E-state index contributed by atoms with van der Waals surface area (Å²) in [6.45, 7) is 4.03. The first-order valence-electron chi connectivity index (χ1n) is 28.0. The average molecular weight is 1180 g/mol. The number of rotatable bonds is 9. The van der Waals surface area contributed by atoms with E-state index in [2.05, 4.69) is 20.6 Å². The van der Waals surface area contributed by atoms with E-state index in [-0.39, 0.29) is 46.7 Å². The molecular formula is C70H48F2N8O5S2. The molecule has 4 amide bonds. The van der Waals surface area contributed by atoms with Crippen LogP contribution in [0.5, 0.6) is 0 Å². The topological polar surface area (TPSA) is 170 Å². The number of hydrogen-bond acceptors (Lipinski definition) is 10. The van der Waals surface area contributed by atoms with Gasteiger partial charge in [0.2, 0.25) is 5.56 Å². The molecule has 2 aliphatic heterocycles. The number of nitrogens with zero attached hydrogens (tertiary/aromatic N) is 5. The number of nitrogens with one attached hydrogen (secondary N) is 3. The number of amides is 4. The van der Waals surface area contributed by atoms with Crippen molar-refractivity contribution < 1.29 is 28.0 Å². The molecule has 8 heterocycles. The van der Waals surface area contributed by atoms with Gasteiger partial charge in [0.15, 0.2) is 0 Å². The van der Waals surface area contributed by atoms with Crippen LogP contribution in [0.3, 0.4) is 0 Å². The van der Waals surface area contributed by atoms with E-state index >= 15 is 9.18 Å². The van der Waals surface area contributed by atoms with E-state index in [0.29, 0.717) is 85.2 Å². The van der Waals surface area contributed by atoms with Gasteiger partial charge in [0.1, 0.15) is 23.0 Å². The Kier molecular flexibility index (Phi) is 13.8. The highest BCUT2D eigenvalue weighted by Gasteiger charge is 2.32. The maximum absolute atomic E-state index is 16.9. The smallest absolute Gasteiger partial charge is 0.276 e. The standard InChI is InChI=1S/C70H48F2N8O5S2/c1-38-10-7-14-50(71)62(38)77-67(82)59-36-45-28-31-80(58-18-6-4-13-49(58)66(45)86-59)70(85)56-25-22-47(64(76-56)43-20-23-52-40(34-43)11-9-29-73-52)46-32-39(2)63(51(72)35-46)78-68(83)60-37-44-27-30-79(57-17-5-3-12-48(57)65(44)87-60)69(84)55-16-8-15-53(74-55)41-19-24-54-42(33-41)21-26-61(81)75-54/h3-26,29,32-37H,27-28,30-31H2,1-2H3,(H,75,81)(H,77,82)(H,78,83). The molecule has 0 fully saturated rings. The first-order chi connectivity index (χ1) is 42.3. The third kappa shape index (κ3) is 10.1. The van der Waals surface area contributed by atoms with Crippen LogP contribution >= 0.6 is 22.7 Å². The van der Waals surface area contributed by atoms with E-state index in [1.54, 1.807) is 78.4 Å². The number of para-hydroxylation sites is 3. The van der Waals surface area contributed by atoms with Crippen molar-refractivity contribution in [1.29, 1.82) is 0 Å². The summed E-state index contributed by atoms with van der Waals surface area (Å²) < 4.78 is 31.6. The lowest BCUT2D eigenvalue weighted by Crippen LogP contribution is -2.33. The summed E-state index contributed by atoms with van der Waals surface area (Å²) in [7, 11) is 0. The summed E-state index contributed by atoms with van der Waals surface area (Å²) >= 11 is 2.56. The highest BCUT2D eigenvalue weighted by molar-refractivity contribution is 7.18. The van der Waals surface area contributed by atoms with Crippen molar-refractivity contribution in [3.05, 3.63) is 254 Å². The quantitative estimate of drug-likeness (QED) is 0.128. The van der Waals surface area contributed by atoms with Crippen molar-refractivity contribution >= 4 is 90.9 Å². The number of benzene rings is 6. The lowest BCUT2D eigenvalue weighted by atomic mass is 9.95. The van der Waals surface area contributed by atoms with Crippen LogP contribution in [0.1, 0.15) is 62.6 Å². The molecule has 0 saturated carbocycles. The maximum atomic E-state index is 16.9. The normalized spacial score (nSPS) is 12.6. The fraction of sp³-hybridized carbons (Fsp3) is 0.0857. The molecule has 12 aromatic rings. The van der Waals surface area contributed by atoms with Gasteiger partial charge in [-0.05, 0) is 163 Å². The zero-order valence-corrected chi connectivity index (χ0v) is 48.2. The molecule has 0 saturated heterocycles. The molecule has 14 rings (SSSR count).